The van der Waals surface area contributed by atoms with E-state index in [-0.39, 0.29) is 5.69 Å². The van der Waals surface area contributed by atoms with Gasteiger partial charge in [0.1, 0.15) is 5.65 Å². The molecule has 0 saturated heterocycles. The first kappa shape index (κ1) is 16.9. The summed E-state index contributed by atoms with van der Waals surface area (Å²) in [7, 11) is 0. The highest BCUT2D eigenvalue weighted by Crippen LogP contribution is 2.25. The van der Waals surface area contributed by atoms with Crippen LogP contribution in [0.2, 0.25) is 0 Å². The van der Waals surface area contributed by atoms with Crippen LogP contribution in [0, 0.1) is 10.1 Å². The number of nitro benzene ring substituents is 1. The summed E-state index contributed by atoms with van der Waals surface area (Å²) in [6.07, 6.45) is 7.22. The maximum atomic E-state index is 10.9. The van der Waals surface area contributed by atoms with Gasteiger partial charge >= 0.3 is 0 Å². The van der Waals surface area contributed by atoms with Gasteiger partial charge in [0.2, 0.25) is 0 Å². The molecule has 1 aromatic carbocycles. The normalized spacial score (nSPS) is 11.0. The van der Waals surface area contributed by atoms with Crippen molar-refractivity contribution in [1.29, 1.82) is 0 Å². The number of nitrogens with zero attached hydrogens (tertiary/aromatic N) is 3. The SMILES string of the molecule is O=[N+]([O-])c1cccc(COCc2c[nH]c3ncc(-c4cccnc4)cc23)c1. The summed E-state index contributed by atoms with van der Waals surface area (Å²) in [6.45, 7) is 0.672. The lowest BCUT2D eigenvalue weighted by Gasteiger charge is -2.05. The molecule has 1 N–H and O–H groups in total. The van der Waals surface area contributed by atoms with Crippen molar-refractivity contribution < 1.29 is 9.66 Å². The van der Waals surface area contributed by atoms with Gasteiger partial charge in [0.15, 0.2) is 0 Å². The van der Waals surface area contributed by atoms with E-state index in [0.717, 1.165) is 33.3 Å². The van der Waals surface area contributed by atoms with Crippen molar-refractivity contribution in [2.24, 2.45) is 0 Å². The van der Waals surface area contributed by atoms with Crippen LogP contribution in [0.25, 0.3) is 22.2 Å². The second-order valence-corrected chi connectivity index (χ2v) is 6.10. The van der Waals surface area contributed by atoms with Crippen molar-refractivity contribution in [3.63, 3.8) is 0 Å². The highest BCUT2D eigenvalue weighted by molar-refractivity contribution is 5.84. The Bertz CT molecular complexity index is 1090. The Morgan fingerprint density at radius 3 is 2.81 bits per heavy atom. The quantitative estimate of drug-likeness (QED) is 0.410. The zero-order valence-electron chi connectivity index (χ0n) is 14.3. The molecule has 7 nitrogen and oxygen atoms in total. The lowest BCUT2D eigenvalue weighted by molar-refractivity contribution is -0.384. The number of nitrogens with one attached hydrogen (secondary N) is 1. The number of pyridine rings is 2. The minimum atomic E-state index is -0.408. The molecule has 0 radical (unpaired) electrons. The van der Waals surface area contributed by atoms with Gasteiger partial charge in [-0.25, -0.2) is 4.98 Å². The molecule has 0 unspecified atom stereocenters. The highest BCUT2D eigenvalue weighted by Gasteiger charge is 2.09. The van der Waals surface area contributed by atoms with E-state index in [1.165, 1.54) is 12.1 Å². The second-order valence-electron chi connectivity index (χ2n) is 6.10. The minimum Gasteiger partial charge on any atom is -0.372 e. The maximum absolute atomic E-state index is 10.9. The molecule has 0 aliphatic rings. The number of rotatable bonds is 6. The Kier molecular flexibility index (Phi) is 4.59. The first-order chi connectivity index (χ1) is 13.2. The summed E-state index contributed by atoms with van der Waals surface area (Å²) in [4.78, 5) is 22.2. The lowest BCUT2D eigenvalue weighted by Crippen LogP contribution is -1.95. The topological polar surface area (TPSA) is 93.9 Å². The van der Waals surface area contributed by atoms with Gasteiger partial charge in [-0.3, -0.25) is 15.1 Å². The average Bonchev–Trinajstić information content (AvgIpc) is 3.11. The predicted molar refractivity (Wildman–Crippen MR) is 101 cm³/mol. The van der Waals surface area contributed by atoms with E-state index in [2.05, 4.69) is 21.0 Å². The van der Waals surface area contributed by atoms with E-state index in [0.29, 0.717) is 13.2 Å². The number of hydrogen-bond donors (Lipinski definition) is 1. The van der Waals surface area contributed by atoms with Crippen molar-refractivity contribution in [3.8, 4) is 11.1 Å². The van der Waals surface area contributed by atoms with Gasteiger partial charge in [-0.15, -0.1) is 0 Å². The third-order valence-corrected chi connectivity index (χ3v) is 4.26. The van der Waals surface area contributed by atoms with Crippen LogP contribution in [0.5, 0.6) is 0 Å². The van der Waals surface area contributed by atoms with Gasteiger partial charge < -0.3 is 9.72 Å². The zero-order valence-corrected chi connectivity index (χ0v) is 14.3. The first-order valence-electron chi connectivity index (χ1n) is 8.38. The van der Waals surface area contributed by atoms with Gasteiger partial charge in [-0.05, 0) is 17.7 Å². The van der Waals surface area contributed by atoms with E-state index >= 15 is 0 Å². The van der Waals surface area contributed by atoms with E-state index in [1.54, 1.807) is 18.5 Å². The van der Waals surface area contributed by atoms with Crippen LogP contribution in [-0.2, 0) is 18.0 Å². The van der Waals surface area contributed by atoms with E-state index < -0.39 is 4.92 Å². The molecule has 0 bridgehead atoms. The fraction of sp³-hybridized carbons (Fsp3) is 0.100. The van der Waals surface area contributed by atoms with Crippen molar-refractivity contribution in [1.82, 2.24) is 15.0 Å². The number of hydrogen-bond acceptors (Lipinski definition) is 5. The standard InChI is InChI=1S/C20H16N4O3/c25-24(26)18-5-1-3-14(7-18)12-27-13-17-11-23-20-19(17)8-16(10-22-20)15-4-2-6-21-9-15/h1-11H,12-13H2,(H,22,23). The smallest absolute Gasteiger partial charge is 0.269 e. The Morgan fingerprint density at radius 2 is 2.00 bits per heavy atom. The van der Waals surface area contributed by atoms with Gasteiger partial charge in [-0.1, -0.05) is 18.2 Å². The number of aromatic amines is 1. The average molecular weight is 360 g/mol. The number of benzene rings is 1. The molecule has 3 aromatic heterocycles. The third-order valence-electron chi connectivity index (χ3n) is 4.26. The highest BCUT2D eigenvalue weighted by atomic mass is 16.6. The summed E-state index contributed by atoms with van der Waals surface area (Å²) in [5.74, 6) is 0. The van der Waals surface area contributed by atoms with Gasteiger partial charge in [0, 0.05) is 59.0 Å². The predicted octanol–water partition coefficient (Wildman–Crippen LogP) is 4.25. The van der Waals surface area contributed by atoms with Crippen molar-refractivity contribution >= 4 is 16.7 Å². The second kappa shape index (κ2) is 7.35. The van der Waals surface area contributed by atoms with E-state index in [1.807, 2.05) is 30.6 Å². The Morgan fingerprint density at radius 1 is 1.07 bits per heavy atom. The van der Waals surface area contributed by atoms with E-state index in [9.17, 15) is 10.1 Å². The van der Waals surface area contributed by atoms with Crippen LogP contribution in [-0.4, -0.2) is 19.9 Å². The summed E-state index contributed by atoms with van der Waals surface area (Å²) in [5, 5.41) is 11.8. The molecular formula is C20H16N4O3. The number of non-ortho nitro benzene ring substituents is 1. The van der Waals surface area contributed by atoms with Crippen LogP contribution >= 0.6 is 0 Å². The third kappa shape index (κ3) is 3.68. The van der Waals surface area contributed by atoms with Crippen molar-refractivity contribution in [2.75, 3.05) is 0 Å². The van der Waals surface area contributed by atoms with Gasteiger partial charge in [0.05, 0.1) is 18.1 Å². The largest absolute Gasteiger partial charge is 0.372 e. The minimum absolute atomic E-state index is 0.0634. The first-order valence-corrected chi connectivity index (χ1v) is 8.38. The molecule has 0 fully saturated rings. The molecule has 0 saturated carbocycles. The maximum Gasteiger partial charge on any atom is 0.269 e. The van der Waals surface area contributed by atoms with Crippen LogP contribution in [0.4, 0.5) is 5.69 Å². The summed E-state index contributed by atoms with van der Waals surface area (Å²) in [6, 6.07) is 12.4. The summed E-state index contributed by atoms with van der Waals surface area (Å²) in [5.41, 5.74) is 4.57. The number of aromatic nitrogens is 3. The zero-order chi connectivity index (χ0) is 18.6. The van der Waals surface area contributed by atoms with Gasteiger partial charge in [-0.2, -0.15) is 0 Å². The molecule has 4 aromatic rings. The molecule has 0 amide bonds. The molecule has 27 heavy (non-hydrogen) atoms. The van der Waals surface area contributed by atoms with Crippen LogP contribution in [0.3, 0.4) is 0 Å². The molecule has 0 aliphatic carbocycles. The fourth-order valence-corrected chi connectivity index (χ4v) is 2.91. The van der Waals surface area contributed by atoms with E-state index in [4.69, 9.17) is 4.74 Å². The molecule has 134 valence electrons. The molecule has 3 heterocycles. The fourth-order valence-electron chi connectivity index (χ4n) is 2.91. The van der Waals surface area contributed by atoms with Crippen LogP contribution < -0.4 is 0 Å². The van der Waals surface area contributed by atoms with Crippen LogP contribution in [0.1, 0.15) is 11.1 Å². The molecule has 0 aliphatic heterocycles. The Balaban J connectivity index is 1.51. The Hall–Kier alpha value is -3.58. The lowest BCUT2D eigenvalue weighted by atomic mass is 10.1. The molecule has 4 rings (SSSR count). The monoisotopic (exact) mass is 360 g/mol. The molecular weight excluding hydrogens is 344 g/mol. The molecule has 0 atom stereocenters. The number of H-pyrrole nitrogens is 1. The van der Waals surface area contributed by atoms with Crippen LogP contribution in [0.15, 0.2) is 67.3 Å². The number of ether oxygens (including phenoxy) is 1. The van der Waals surface area contributed by atoms with Crippen molar-refractivity contribution in [3.05, 3.63) is 88.5 Å². The number of nitro groups is 1. The molecule has 0 spiro atoms. The van der Waals surface area contributed by atoms with Crippen molar-refractivity contribution in [2.45, 2.75) is 13.2 Å². The van der Waals surface area contributed by atoms with Gasteiger partial charge in [0.25, 0.3) is 5.69 Å². The summed E-state index contributed by atoms with van der Waals surface area (Å²) >= 11 is 0. The number of fused-ring (bicyclic) bond motifs is 1. The molecule has 7 heteroatoms. The summed E-state index contributed by atoms with van der Waals surface area (Å²) < 4.78 is 5.77. The Labute approximate surface area is 154 Å².